The molecule has 0 amide bonds. The minimum Gasteiger partial charge on any atom is -0.481 e. The summed E-state index contributed by atoms with van der Waals surface area (Å²) in [5.41, 5.74) is 3.46. The van der Waals surface area contributed by atoms with Crippen LogP contribution >= 0.6 is 0 Å². The van der Waals surface area contributed by atoms with Crippen molar-refractivity contribution in [3.05, 3.63) is 34.9 Å². The van der Waals surface area contributed by atoms with Crippen LogP contribution in [0.2, 0.25) is 0 Å². The predicted molar refractivity (Wildman–Crippen MR) is 73.1 cm³/mol. The van der Waals surface area contributed by atoms with Gasteiger partial charge in [-0.2, -0.15) is 0 Å². The van der Waals surface area contributed by atoms with Crippen LogP contribution in [0.4, 0.5) is 0 Å². The van der Waals surface area contributed by atoms with Crippen LogP contribution < -0.4 is 0 Å². The topological polar surface area (TPSA) is 37.3 Å². The van der Waals surface area contributed by atoms with Crippen molar-refractivity contribution in [1.29, 1.82) is 0 Å². The quantitative estimate of drug-likeness (QED) is 0.866. The van der Waals surface area contributed by atoms with E-state index in [1.807, 2.05) is 13.0 Å². The first-order valence-electron chi connectivity index (χ1n) is 6.93. The van der Waals surface area contributed by atoms with E-state index in [-0.39, 0.29) is 0 Å². The Bertz CT molecular complexity index is 431. The molecule has 1 atom stereocenters. The van der Waals surface area contributed by atoms with E-state index >= 15 is 0 Å². The van der Waals surface area contributed by atoms with Gasteiger partial charge in [0.1, 0.15) is 0 Å². The van der Waals surface area contributed by atoms with Gasteiger partial charge in [0.15, 0.2) is 0 Å². The van der Waals surface area contributed by atoms with Gasteiger partial charge in [0.25, 0.3) is 0 Å². The highest BCUT2D eigenvalue weighted by atomic mass is 16.4. The molecule has 1 aliphatic rings. The SMILES string of the molecule is Cc1cc(C2CCCCC2)ccc1C(C)C(=O)O. The molecule has 0 radical (unpaired) electrons. The Morgan fingerprint density at radius 2 is 1.94 bits per heavy atom. The van der Waals surface area contributed by atoms with Crippen LogP contribution in [-0.2, 0) is 4.79 Å². The summed E-state index contributed by atoms with van der Waals surface area (Å²) in [5, 5.41) is 9.08. The molecule has 2 rings (SSSR count). The van der Waals surface area contributed by atoms with Gasteiger partial charge >= 0.3 is 5.97 Å². The van der Waals surface area contributed by atoms with Gasteiger partial charge in [-0.3, -0.25) is 4.79 Å². The lowest BCUT2D eigenvalue weighted by Gasteiger charge is -2.23. The number of hydrogen-bond donors (Lipinski definition) is 1. The second kappa shape index (κ2) is 5.55. The van der Waals surface area contributed by atoms with Crippen LogP contribution in [0, 0.1) is 6.92 Å². The van der Waals surface area contributed by atoms with E-state index in [2.05, 4.69) is 12.1 Å². The third kappa shape index (κ3) is 2.74. The van der Waals surface area contributed by atoms with E-state index in [1.54, 1.807) is 6.92 Å². The highest BCUT2D eigenvalue weighted by molar-refractivity contribution is 5.76. The molecule has 1 aliphatic carbocycles. The minimum absolute atomic E-state index is 0.412. The molecule has 98 valence electrons. The summed E-state index contributed by atoms with van der Waals surface area (Å²) in [6, 6.07) is 6.35. The molecule has 1 unspecified atom stereocenters. The molecule has 0 aromatic heterocycles. The summed E-state index contributed by atoms with van der Waals surface area (Å²) in [7, 11) is 0. The zero-order chi connectivity index (χ0) is 13.1. The molecular formula is C16H22O2. The maximum absolute atomic E-state index is 11.0. The molecular weight excluding hydrogens is 224 g/mol. The smallest absolute Gasteiger partial charge is 0.310 e. The fourth-order valence-corrected chi connectivity index (χ4v) is 3.01. The Balaban J connectivity index is 2.21. The average Bonchev–Trinajstić information content (AvgIpc) is 2.38. The monoisotopic (exact) mass is 246 g/mol. The van der Waals surface area contributed by atoms with Crippen molar-refractivity contribution in [3.63, 3.8) is 0 Å². The van der Waals surface area contributed by atoms with E-state index in [0.29, 0.717) is 5.92 Å². The average molecular weight is 246 g/mol. The van der Waals surface area contributed by atoms with Gasteiger partial charge in [-0.15, -0.1) is 0 Å². The van der Waals surface area contributed by atoms with Gasteiger partial charge in [0.2, 0.25) is 0 Å². The van der Waals surface area contributed by atoms with Crippen LogP contribution in [-0.4, -0.2) is 11.1 Å². The molecule has 2 nitrogen and oxygen atoms in total. The van der Waals surface area contributed by atoms with Gasteiger partial charge in [0, 0.05) is 0 Å². The first kappa shape index (κ1) is 13.1. The van der Waals surface area contributed by atoms with Crippen molar-refractivity contribution in [2.45, 2.75) is 57.8 Å². The number of hydrogen-bond acceptors (Lipinski definition) is 1. The second-order valence-electron chi connectivity index (χ2n) is 5.51. The van der Waals surface area contributed by atoms with Gasteiger partial charge < -0.3 is 5.11 Å². The molecule has 0 heterocycles. The fourth-order valence-electron chi connectivity index (χ4n) is 3.01. The van der Waals surface area contributed by atoms with E-state index in [1.165, 1.54) is 37.7 Å². The van der Waals surface area contributed by atoms with Crippen molar-refractivity contribution < 1.29 is 9.90 Å². The first-order valence-corrected chi connectivity index (χ1v) is 6.93. The van der Waals surface area contributed by atoms with Gasteiger partial charge in [-0.25, -0.2) is 0 Å². The third-order valence-electron chi connectivity index (χ3n) is 4.21. The molecule has 1 N–H and O–H groups in total. The van der Waals surface area contributed by atoms with Crippen LogP contribution in [0.5, 0.6) is 0 Å². The molecule has 1 fully saturated rings. The maximum atomic E-state index is 11.0. The van der Waals surface area contributed by atoms with E-state index in [9.17, 15) is 4.79 Å². The minimum atomic E-state index is -0.747. The van der Waals surface area contributed by atoms with Crippen LogP contribution in [0.3, 0.4) is 0 Å². The van der Waals surface area contributed by atoms with Crippen molar-refractivity contribution >= 4 is 5.97 Å². The molecule has 0 saturated heterocycles. The third-order valence-corrected chi connectivity index (χ3v) is 4.21. The van der Waals surface area contributed by atoms with Crippen molar-refractivity contribution in [2.24, 2.45) is 0 Å². The number of carboxylic acid groups (broad SMARTS) is 1. The number of aryl methyl sites for hydroxylation is 1. The summed E-state index contributed by atoms with van der Waals surface area (Å²) in [6.45, 7) is 3.78. The predicted octanol–water partition coefficient (Wildman–Crippen LogP) is 4.23. The first-order chi connectivity index (χ1) is 8.59. The van der Waals surface area contributed by atoms with Gasteiger partial charge in [0.05, 0.1) is 5.92 Å². The highest BCUT2D eigenvalue weighted by Gasteiger charge is 2.19. The molecule has 1 aromatic rings. The molecule has 0 bridgehead atoms. The summed E-state index contributed by atoms with van der Waals surface area (Å²) in [5.74, 6) is -0.472. The highest BCUT2D eigenvalue weighted by Crippen LogP contribution is 2.34. The lowest BCUT2D eigenvalue weighted by Crippen LogP contribution is -2.10. The second-order valence-corrected chi connectivity index (χ2v) is 5.51. The Labute approximate surface area is 109 Å². The fraction of sp³-hybridized carbons (Fsp3) is 0.562. The van der Waals surface area contributed by atoms with Crippen LogP contribution in [0.1, 0.15) is 67.6 Å². The van der Waals surface area contributed by atoms with E-state index in [4.69, 9.17) is 5.11 Å². The molecule has 0 aliphatic heterocycles. The van der Waals surface area contributed by atoms with Gasteiger partial charge in [-0.05, 0) is 49.3 Å². The maximum Gasteiger partial charge on any atom is 0.310 e. The molecule has 0 spiro atoms. The largest absolute Gasteiger partial charge is 0.481 e. The zero-order valence-electron chi connectivity index (χ0n) is 11.3. The number of carbonyl (C=O) groups is 1. The molecule has 1 saturated carbocycles. The summed E-state index contributed by atoms with van der Waals surface area (Å²) >= 11 is 0. The Morgan fingerprint density at radius 1 is 1.28 bits per heavy atom. The molecule has 1 aromatic carbocycles. The molecule has 18 heavy (non-hydrogen) atoms. The number of benzene rings is 1. The number of aliphatic carboxylic acids is 1. The van der Waals surface area contributed by atoms with Crippen LogP contribution in [0.15, 0.2) is 18.2 Å². The number of rotatable bonds is 3. The van der Waals surface area contributed by atoms with E-state index in [0.717, 1.165) is 11.1 Å². The summed E-state index contributed by atoms with van der Waals surface area (Å²) in [6.07, 6.45) is 6.60. The molecule has 2 heteroatoms. The summed E-state index contributed by atoms with van der Waals surface area (Å²) < 4.78 is 0. The Kier molecular flexibility index (Phi) is 4.05. The Morgan fingerprint density at radius 3 is 2.50 bits per heavy atom. The van der Waals surface area contributed by atoms with Crippen molar-refractivity contribution in [3.8, 4) is 0 Å². The lowest BCUT2D eigenvalue weighted by molar-refractivity contribution is -0.138. The summed E-state index contributed by atoms with van der Waals surface area (Å²) in [4.78, 5) is 11.0. The normalized spacial score (nSPS) is 18.6. The Hall–Kier alpha value is -1.31. The van der Waals surface area contributed by atoms with Crippen molar-refractivity contribution in [1.82, 2.24) is 0 Å². The standard InChI is InChI=1S/C16H22O2/c1-11-10-14(13-6-4-3-5-7-13)8-9-15(11)12(2)16(17)18/h8-10,12-13H,3-7H2,1-2H3,(H,17,18). The van der Waals surface area contributed by atoms with Crippen molar-refractivity contribution in [2.75, 3.05) is 0 Å². The van der Waals surface area contributed by atoms with E-state index < -0.39 is 11.9 Å². The lowest BCUT2D eigenvalue weighted by atomic mass is 9.82. The number of carboxylic acids is 1. The zero-order valence-corrected chi connectivity index (χ0v) is 11.3. The van der Waals surface area contributed by atoms with Gasteiger partial charge in [-0.1, -0.05) is 37.5 Å². The van der Waals surface area contributed by atoms with Crippen LogP contribution in [0.25, 0.3) is 0 Å².